The van der Waals surface area contributed by atoms with Crippen molar-refractivity contribution in [3.05, 3.63) is 17.3 Å². The van der Waals surface area contributed by atoms with Crippen molar-refractivity contribution in [3.63, 3.8) is 0 Å². The zero-order valence-corrected chi connectivity index (χ0v) is 12.3. The Bertz CT molecular complexity index is 675. The van der Waals surface area contributed by atoms with Crippen LogP contribution in [0.5, 0.6) is 0 Å². The van der Waals surface area contributed by atoms with E-state index >= 15 is 0 Å². The van der Waals surface area contributed by atoms with E-state index in [9.17, 15) is 9.00 Å². The number of nitrogen functional groups attached to an aromatic ring is 1. The Hall–Kier alpha value is -1.54. The molecule has 1 amide bonds. The minimum absolute atomic E-state index is 0.0748. The van der Waals surface area contributed by atoms with Gasteiger partial charge >= 0.3 is 0 Å². The molecule has 1 fully saturated rings. The number of carbonyl (C=O) groups excluding carboxylic acids is 1. The highest BCUT2D eigenvalue weighted by Crippen LogP contribution is 2.30. The molecular formula is C12H14N4O2S2. The van der Waals surface area contributed by atoms with Gasteiger partial charge in [0.15, 0.2) is 0 Å². The minimum atomic E-state index is -0.730. The van der Waals surface area contributed by atoms with E-state index in [0.717, 1.165) is 12.8 Å². The van der Waals surface area contributed by atoms with E-state index < -0.39 is 10.8 Å². The first-order chi connectivity index (χ1) is 9.65. The zero-order chi connectivity index (χ0) is 14.1. The van der Waals surface area contributed by atoms with Gasteiger partial charge in [-0.1, -0.05) is 0 Å². The summed E-state index contributed by atoms with van der Waals surface area (Å²) in [6, 6.07) is 0.0748. The van der Waals surface area contributed by atoms with E-state index in [-0.39, 0.29) is 11.9 Å². The maximum atomic E-state index is 12.3. The summed E-state index contributed by atoms with van der Waals surface area (Å²) in [6.45, 7) is 0. The summed E-state index contributed by atoms with van der Waals surface area (Å²) < 4.78 is 11.3. The van der Waals surface area contributed by atoms with Crippen molar-refractivity contribution in [1.82, 2.24) is 15.3 Å². The normalized spacial score (nSPS) is 22.8. The third-order valence-corrected chi connectivity index (χ3v) is 5.78. The fraction of sp³-hybridized carbons (Fsp3) is 0.417. The largest absolute Gasteiger partial charge is 0.396 e. The quantitative estimate of drug-likeness (QED) is 0.859. The number of nitrogens with one attached hydrogen (secondary N) is 1. The van der Waals surface area contributed by atoms with Crippen LogP contribution in [0.2, 0.25) is 0 Å². The van der Waals surface area contributed by atoms with Crippen LogP contribution < -0.4 is 11.1 Å². The van der Waals surface area contributed by atoms with Gasteiger partial charge in [0.05, 0.1) is 5.69 Å². The molecule has 1 aliphatic heterocycles. The maximum Gasteiger partial charge on any atom is 0.263 e. The number of nitrogens with two attached hydrogens (primary N) is 1. The van der Waals surface area contributed by atoms with Gasteiger partial charge in [-0.3, -0.25) is 9.00 Å². The summed E-state index contributed by atoms with van der Waals surface area (Å²) in [5.74, 6) is 1.11. The smallest absolute Gasteiger partial charge is 0.263 e. The van der Waals surface area contributed by atoms with Crippen molar-refractivity contribution in [2.75, 3.05) is 17.2 Å². The van der Waals surface area contributed by atoms with E-state index in [1.165, 1.54) is 11.3 Å². The molecule has 0 saturated carbocycles. The molecule has 0 bridgehead atoms. The van der Waals surface area contributed by atoms with E-state index in [0.29, 0.717) is 32.4 Å². The first kappa shape index (κ1) is 13.4. The Labute approximate surface area is 122 Å². The predicted octanol–water partition coefficient (Wildman–Crippen LogP) is 0.914. The number of rotatable bonds is 2. The van der Waals surface area contributed by atoms with Crippen molar-refractivity contribution in [2.45, 2.75) is 18.9 Å². The van der Waals surface area contributed by atoms with Gasteiger partial charge in [-0.25, -0.2) is 9.97 Å². The fourth-order valence-electron chi connectivity index (χ4n) is 2.20. The molecule has 3 heterocycles. The van der Waals surface area contributed by atoms with E-state index in [1.807, 2.05) is 0 Å². The van der Waals surface area contributed by atoms with Gasteiger partial charge in [-0.2, -0.15) is 0 Å². The van der Waals surface area contributed by atoms with Crippen LogP contribution in [0.15, 0.2) is 12.4 Å². The summed E-state index contributed by atoms with van der Waals surface area (Å²) in [5, 5.41) is 2.96. The van der Waals surface area contributed by atoms with Crippen LogP contribution in [0.1, 0.15) is 22.5 Å². The first-order valence-electron chi connectivity index (χ1n) is 6.30. The van der Waals surface area contributed by atoms with Crippen LogP contribution in [0, 0.1) is 0 Å². The van der Waals surface area contributed by atoms with Crippen LogP contribution in [-0.2, 0) is 10.8 Å². The number of amides is 1. The van der Waals surface area contributed by atoms with E-state index in [1.54, 1.807) is 12.4 Å². The van der Waals surface area contributed by atoms with Crippen molar-refractivity contribution in [2.24, 2.45) is 0 Å². The monoisotopic (exact) mass is 310 g/mol. The minimum Gasteiger partial charge on any atom is -0.396 e. The Morgan fingerprint density at radius 1 is 1.35 bits per heavy atom. The summed E-state index contributed by atoms with van der Waals surface area (Å²) in [6.07, 6.45) is 4.64. The molecule has 0 radical (unpaired) electrons. The summed E-state index contributed by atoms with van der Waals surface area (Å²) in [7, 11) is -0.730. The Balaban J connectivity index is 1.79. The van der Waals surface area contributed by atoms with E-state index in [2.05, 4.69) is 15.3 Å². The van der Waals surface area contributed by atoms with Crippen molar-refractivity contribution < 1.29 is 9.00 Å². The molecule has 0 spiro atoms. The molecule has 2 aromatic rings. The number of hydrogen-bond acceptors (Lipinski definition) is 6. The number of thiophene rings is 1. The lowest BCUT2D eigenvalue weighted by Crippen LogP contribution is -2.39. The van der Waals surface area contributed by atoms with Crippen LogP contribution in [0.4, 0.5) is 5.69 Å². The van der Waals surface area contributed by atoms with Crippen LogP contribution in [0.25, 0.3) is 10.3 Å². The molecule has 2 aromatic heterocycles. The number of hydrogen-bond donors (Lipinski definition) is 2. The van der Waals surface area contributed by atoms with Gasteiger partial charge in [0.2, 0.25) is 0 Å². The number of nitrogens with zero attached hydrogens (tertiary/aromatic N) is 2. The molecule has 106 valence electrons. The number of anilines is 1. The molecule has 1 saturated heterocycles. The molecule has 0 aromatic carbocycles. The lowest BCUT2D eigenvalue weighted by atomic mass is 10.1. The second-order valence-corrected chi connectivity index (χ2v) is 7.35. The lowest BCUT2D eigenvalue weighted by molar-refractivity contribution is 0.0939. The Morgan fingerprint density at radius 3 is 2.75 bits per heavy atom. The molecule has 1 aliphatic rings. The average Bonchev–Trinajstić information content (AvgIpc) is 2.79. The van der Waals surface area contributed by atoms with Crippen LogP contribution in [-0.4, -0.2) is 37.6 Å². The third kappa shape index (κ3) is 2.53. The molecule has 20 heavy (non-hydrogen) atoms. The van der Waals surface area contributed by atoms with Crippen LogP contribution in [0.3, 0.4) is 0 Å². The zero-order valence-electron chi connectivity index (χ0n) is 10.7. The molecular weight excluding hydrogens is 296 g/mol. The standard InChI is InChI=1S/C12H14N4O2S2/c13-8-9-12(15-4-3-14-9)19-10(8)11(17)16-7-1-5-20(18)6-2-7/h3-4,7H,1-2,5-6,13H2,(H,16,17). The van der Waals surface area contributed by atoms with Gasteiger partial charge in [0.25, 0.3) is 5.91 Å². The summed E-state index contributed by atoms with van der Waals surface area (Å²) in [4.78, 5) is 21.7. The fourth-order valence-corrected chi connectivity index (χ4v) is 4.43. The highest BCUT2D eigenvalue weighted by molar-refractivity contribution is 7.85. The topological polar surface area (TPSA) is 98.0 Å². The molecule has 0 aliphatic carbocycles. The van der Waals surface area contributed by atoms with E-state index in [4.69, 9.17) is 5.73 Å². The van der Waals surface area contributed by atoms with Crippen molar-refractivity contribution >= 4 is 44.1 Å². The number of fused-ring (bicyclic) bond motifs is 1. The maximum absolute atomic E-state index is 12.3. The second-order valence-electron chi connectivity index (χ2n) is 4.65. The lowest BCUT2D eigenvalue weighted by Gasteiger charge is -2.22. The average molecular weight is 310 g/mol. The van der Waals surface area contributed by atoms with Crippen LogP contribution >= 0.6 is 11.3 Å². The van der Waals surface area contributed by atoms with Gasteiger partial charge in [-0.05, 0) is 12.8 Å². The van der Waals surface area contributed by atoms with Crippen molar-refractivity contribution in [3.8, 4) is 0 Å². The molecule has 3 N–H and O–H groups in total. The SMILES string of the molecule is Nc1c(C(=O)NC2CCS(=O)CC2)sc2nccnc12. The van der Waals surface area contributed by atoms with Crippen molar-refractivity contribution in [1.29, 1.82) is 0 Å². The molecule has 8 heteroatoms. The molecule has 6 nitrogen and oxygen atoms in total. The summed E-state index contributed by atoms with van der Waals surface area (Å²) >= 11 is 1.25. The highest BCUT2D eigenvalue weighted by atomic mass is 32.2. The first-order valence-corrected chi connectivity index (χ1v) is 8.60. The van der Waals surface area contributed by atoms with Gasteiger partial charge < -0.3 is 11.1 Å². The second kappa shape index (κ2) is 5.45. The molecule has 0 atom stereocenters. The third-order valence-electron chi connectivity index (χ3n) is 3.29. The summed E-state index contributed by atoms with van der Waals surface area (Å²) in [5.41, 5.74) is 6.93. The van der Waals surface area contributed by atoms with Gasteiger partial charge in [0.1, 0.15) is 15.2 Å². The Kier molecular flexibility index (Phi) is 3.66. The number of carbonyl (C=O) groups is 1. The molecule has 3 rings (SSSR count). The van der Waals surface area contributed by atoms with Gasteiger partial charge in [0, 0.05) is 40.7 Å². The predicted molar refractivity (Wildman–Crippen MR) is 80.2 cm³/mol. The Morgan fingerprint density at radius 2 is 2.05 bits per heavy atom. The van der Waals surface area contributed by atoms with Gasteiger partial charge in [-0.15, -0.1) is 11.3 Å². The number of aromatic nitrogens is 2. The highest BCUT2D eigenvalue weighted by Gasteiger charge is 2.23. The molecule has 0 unspecified atom stereocenters.